The van der Waals surface area contributed by atoms with Crippen molar-refractivity contribution in [2.75, 3.05) is 0 Å². The van der Waals surface area contributed by atoms with E-state index in [9.17, 15) is 4.79 Å². The highest BCUT2D eigenvalue weighted by Crippen LogP contribution is 2.26. The second-order valence-electron chi connectivity index (χ2n) is 6.28. The van der Waals surface area contributed by atoms with Crippen LogP contribution in [0.15, 0.2) is 94.4 Å². The normalized spacial score (nSPS) is 11.1. The Morgan fingerprint density at radius 2 is 1.15 bits per heavy atom. The van der Waals surface area contributed by atoms with Gasteiger partial charge < -0.3 is 4.42 Å². The third-order valence-corrected chi connectivity index (χ3v) is 4.59. The topological polar surface area (TPSA) is 56.0 Å². The lowest BCUT2D eigenvalue weighted by atomic mass is 10.0. The van der Waals surface area contributed by atoms with Crippen molar-refractivity contribution in [1.29, 1.82) is 0 Å². The summed E-state index contributed by atoms with van der Waals surface area (Å²) in [7, 11) is 0. The van der Waals surface area contributed by atoms with Gasteiger partial charge >= 0.3 is 0 Å². The van der Waals surface area contributed by atoms with Gasteiger partial charge in [-0.2, -0.15) is 0 Å². The van der Waals surface area contributed by atoms with Crippen molar-refractivity contribution >= 4 is 21.9 Å². The van der Waals surface area contributed by atoms with Crippen LogP contribution in [0.1, 0.15) is 0 Å². The van der Waals surface area contributed by atoms with E-state index in [-0.39, 0.29) is 5.43 Å². The van der Waals surface area contributed by atoms with Crippen LogP contribution in [0.3, 0.4) is 0 Å². The van der Waals surface area contributed by atoms with E-state index < -0.39 is 0 Å². The standard InChI is InChI=1S/C23H14N2O2/c26-23-17-13-15(19-5-1-3-11-24-19)7-9-21(17)27-22-10-8-16(14-18(22)23)20-6-2-4-12-25-20/h1-14H. The molecular formula is C23H14N2O2. The van der Waals surface area contributed by atoms with E-state index in [1.807, 2.05) is 72.8 Å². The lowest BCUT2D eigenvalue weighted by molar-refractivity contribution is 0.660. The van der Waals surface area contributed by atoms with Crippen LogP contribution in [0, 0.1) is 0 Å². The molecule has 0 atom stereocenters. The summed E-state index contributed by atoms with van der Waals surface area (Å²) < 4.78 is 5.97. The van der Waals surface area contributed by atoms with Gasteiger partial charge in [-0.25, -0.2) is 0 Å². The molecule has 5 rings (SSSR count). The monoisotopic (exact) mass is 350 g/mol. The molecule has 0 aliphatic heterocycles. The minimum atomic E-state index is -0.0539. The zero-order chi connectivity index (χ0) is 18.2. The van der Waals surface area contributed by atoms with Gasteiger partial charge in [-0.1, -0.05) is 12.1 Å². The summed E-state index contributed by atoms with van der Waals surface area (Å²) in [4.78, 5) is 21.9. The summed E-state index contributed by atoms with van der Waals surface area (Å²) in [5, 5.41) is 1.09. The van der Waals surface area contributed by atoms with E-state index >= 15 is 0 Å². The summed E-state index contributed by atoms with van der Waals surface area (Å²) in [5.74, 6) is 0. The molecule has 2 aromatic carbocycles. The SMILES string of the molecule is O=c1c2cc(-c3ccccn3)ccc2oc2ccc(-c3ccccn3)cc12. The van der Waals surface area contributed by atoms with Crippen LogP contribution in [-0.2, 0) is 0 Å². The average molecular weight is 350 g/mol. The highest BCUT2D eigenvalue weighted by molar-refractivity contribution is 5.93. The number of rotatable bonds is 2. The number of benzene rings is 2. The number of hydrogen-bond acceptors (Lipinski definition) is 4. The third-order valence-electron chi connectivity index (χ3n) is 4.59. The quantitative estimate of drug-likeness (QED) is 0.417. The zero-order valence-corrected chi connectivity index (χ0v) is 14.3. The van der Waals surface area contributed by atoms with Crippen LogP contribution >= 0.6 is 0 Å². The van der Waals surface area contributed by atoms with Crippen LogP contribution in [0.5, 0.6) is 0 Å². The Kier molecular flexibility index (Phi) is 3.54. The van der Waals surface area contributed by atoms with Crippen molar-refractivity contribution in [3.05, 3.63) is 95.4 Å². The summed E-state index contributed by atoms with van der Waals surface area (Å²) in [5.41, 5.74) is 4.49. The predicted molar refractivity (Wildman–Crippen MR) is 106 cm³/mol. The number of hydrogen-bond donors (Lipinski definition) is 0. The van der Waals surface area contributed by atoms with E-state index in [4.69, 9.17) is 4.42 Å². The molecule has 5 aromatic rings. The van der Waals surface area contributed by atoms with Crippen molar-refractivity contribution in [2.45, 2.75) is 0 Å². The van der Waals surface area contributed by atoms with Gasteiger partial charge in [0.15, 0.2) is 0 Å². The molecule has 27 heavy (non-hydrogen) atoms. The lowest BCUT2D eigenvalue weighted by Gasteiger charge is -2.06. The fraction of sp³-hybridized carbons (Fsp3) is 0. The third kappa shape index (κ3) is 2.68. The van der Waals surface area contributed by atoms with Crippen LogP contribution < -0.4 is 5.43 Å². The second kappa shape index (κ2) is 6.18. The molecule has 0 spiro atoms. The predicted octanol–water partition coefficient (Wildman–Crippen LogP) is 5.07. The Morgan fingerprint density at radius 1 is 0.630 bits per heavy atom. The van der Waals surface area contributed by atoms with Crippen LogP contribution in [0.2, 0.25) is 0 Å². The lowest BCUT2D eigenvalue weighted by Crippen LogP contribution is -2.02. The first-order chi connectivity index (χ1) is 13.3. The molecule has 0 bridgehead atoms. The zero-order valence-electron chi connectivity index (χ0n) is 14.3. The van der Waals surface area contributed by atoms with Gasteiger partial charge in [0, 0.05) is 23.5 Å². The minimum absolute atomic E-state index is 0.0539. The molecule has 0 saturated heterocycles. The molecule has 0 amide bonds. The molecule has 128 valence electrons. The number of fused-ring (bicyclic) bond motifs is 2. The highest BCUT2D eigenvalue weighted by Gasteiger charge is 2.11. The van der Waals surface area contributed by atoms with Crippen molar-refractivity contribution < 1.29 is 4.42 Å². The number of nitrogens with zero attached hydrogens (tertiary/aromatic N) is 2. The summed E-state index contributed by atoms with van der Waals surface area (Å²) >= 11 is 0. The number of pyridine rings is 2. The minimum Gasteiger partial charge on any atom is -0.456 e. The molecular weight excluding hydrogens is 336 g/mol. The molecule has 0 fully saturated rings. The molecule has 3 heterocycles. The first kappa shape index (κ1) is 15.5. The van der Waals surface area contributed by atoms with Crippen molar-refractivity contribution in [3.8, 4) is 22.5 Å². The molecule has 0 aliphatic carbocycles. The molecule has 0 N–H and O–H groups in total. The Bertz CT molecular complexity index is 1230. The largest absolute Gasteiger partial charge is 0.456 e. The van der Waals surface area contributed by atoms with E-state index in [0.29, 0.717) is 21.9 Å². The Hall–Kier alpha value is -3.79. The van der Waals surface area contributed by atoms with E-state index in [2.05, 4.69) is 9.97 Å². The Morgan fingerprint density at radius 3 is 1.59 bits per heavy atom. The smallest absolute Gasteiger partial charge is 0.200 e. The first-order valence-corrected chi connectivity index (χ1v) is 8.63. The maximum Gasteiger partial charge on any atom is 0.200 e. The maximum atomic E-state index is 13.2. The van der Waals surface area contributed by atoms with Crippen LogP contribution in [-0.4, -0.2) is 9.97 Å². The van der Waals surface area contributed by atoms with E-state index in [0.717, 1.165) is 22.5 Å². The molecule has 0 aliphatic rings. The van der Waals surface area contributed by atoms with Gasteiger partial charge in [-0.3, -0.25) is 14.8 Å². The van der Waals surface area contributed by atoms with Gasteiger partial charge in [-0.15, -0.1) is 0 Å². The van der Waals surface area contributed by atoms with Gasteiger partial charge in [0.1, 0.15) is 11.2 Å². The molecule has 4 heteroatoms. The fourth-order valence-corrected chi connectivity index (χ4v) is 3.24. The van der Waals surface area contributed by atoms with Crippen molar-refractivity contribution in [3.63, 3.8) is 0 Å². The maximum absolute atomic E-state index is 13.2. The fourth-order valence-electron chi connectivity index (χ4n) is 3.24. The van der Waals surface area contributed by atoms with Gasteiger partial charge in [0.25, 0.3) is 0 Å². The molecule has 0 unspecified atom stereocenters. The Balaban J connectivity index is 1.75. The average Bonchev–Trinajstić information content (AvgIpc) is 2.75. The summed E-state index contributed by atoms with van der Waals surface area (Å²) in [6.45, 7) is 0. The van der Waals surface area contributed by atoms with Crippen molar-refractivity contribution in [2.24, 2.45) is 0 Å². The van der Waals surface area contributed by atoms with Gasteiger partial charge in [0.2, 0.25) is 5.43 Å². The van der Waals surface area contributed by atoms with Crippen LogP contribution in [0.25, 0.3) is 44.5 Å². The van der Waals surface area contributed by atoms with E-state index in [1.54, 1.807) is 12.4 Å². The highest BCUT2D eigenvalue weighted by atomic mass is 16.3. The molecule has 0 saturated carbocycles. The Labute approximate surface area is 154 Å². The van der Waals surface area contributed by atoms with Gasteiger partial charge in [0.05, 0.1) is 22.2 Å². The van der Waals surface area contributed by atoms with Crippen molar-refractivity contribution in [1.82, 2.24) is 9.97 Å². The molecule has 3 aromatic heterocycles. The van der Waals surface area contributed by atoms with Gasteiger partial charge in [-0.05, 0) is 60.7 Å². The molecule has 4 nitrogen and oxygen atoms in total. The molecule has 0 radical (unpaired) electrons. The van der Waals surface area contributed by atoms with Crippen LogP contribution in [0.4, 0.5) is 0 Å². The first-order valence-electron chi connectivity index (χ1n) is 8.63. The number of aromatic nitrogens is 2. The second-order valence-corrected chi connectivity index (χ2v) is 6.28. The summed E-state index contributed by atoms with van der Waals surface area (Å²) in [6, 6.07) is 22.6. The van der Waals surface area contributed by atoms with E-state index in [1.165, 1.54) is 0 Å². The summed E-state index contributed by atoms with van der Waals surface area (Å²) in [6.07, 6.45) is 3.48.